The smallest absolute Gasteiger partial charge is 0.328 e. The minimum atomic E-state index is -0.634. The number of benzene rings is 1. The number of esters is 1. The fraction of sp³-hybridized carbons (Fsp3) is 0.500. The van der Waals surface area contributed by atoms with Gasteiger partial charge in [-0.15, -0.1) is 0 Å². The Bertz CT molecular complexity index is 552. The van der Waals surface area contributed by atoms with Gasteiger partial charge in [0.05, 0.1) is 17.2 Å². The zero-order valence-electron chi connectivity index (χ0n) is 13.5. The van der Waals surface area contributed by atoms with Crippen LogP contribution in [0.3, 0.4) is 0 Å². The molecule has 0 saturated carbocycles. The van der Waals surface area contributed by atoms with Crippen molar-refractivity contribution >= 4 is 40.8 Å². The predicted octanol–water partition coefficient (Wildman–Crippen LogP) is 3.64. The molecular weight excluding hydrogens is 339 g/mol. The fourth-order valence-electron chi connectivity index (χ4n) is 2.00. The number of rotatable bonds is 8. The average molecular weight is 361 g/mol. The summed E-state index contributed by atoms with van der Waals surface area (Å²) in [7, 11) is 1.31. The van der Waals surface area contributed by atoms with Crippen LogP contribution in [-0.2, 0) is 14.3 Å². The summed E-state index contributed by atoms with van der Waals surface area (Å²) in [6, 6.07) is 3.84. The van der Waals surface area contributed by atoms with Crippen molar-refractivity contribution in [1.29, 1.82) is 0 Å². The van der Waals surface area contributed by atoms with Gasteiger partial charge < -0.3 is 15.4 Å². The van der Waals surface area contributed by atoms with E-state index in [0.29, 0.717) is 22.2 Å². The van der Waals surface area contributed by atoms with Crippen molar-refractivity contribution in [2.75, 3.05) is 12.4 Å². The first-order valence-corrected chi connectivity index (χ1v) is 8.24. The van der Waals surface area contributed by atoms with Crippen LogP contribution in [0, 0.1) is 0 Å². The van der Waals surface area contributed by atoms with E-state index in [9.17, 15) is 9.59 Å². The zero-order valence-corrected chi connectivity index (χ0v) is 15.0. The minimum absolute atomic E-state index is 0.289. The van der Waals surface area contributed by atoms with Crippen LogP contribution < -0.4 is 10.6 Å². The molecule has 1 aromatic rings. The minimum Gasteiger partial charge on any atom is -0.467 e. The largest absolute Gasteiger partial charge is 0.467 e. The highest BCUT2D eigenvalue weighted by Crippen LogP contribution is 2.25. The average Bonchev–Trinajstić information content (AvgIpc) is 2.53. The van der Waals surface area contributed by atoms with E-state index in [4.69, 9.17) is 27.9 Å². The molecule has 0 bridgehead atoms. The van der Waals surface area contributed by atoms with E-state index < -0.39 is 18.1 Å². The first-order chi connectivity index (χ1) is 10.9. The lowest BCUT2D eigenvalue weighted by atomic mass is 10.1. The zero-order chi connectivity index (χ0) is 17.4. The SMILES string of the molecule is CCCC[C@H](NC(=O)[C@H](C)Nc1ccc(Cl)c(Cl)c1)C(=O)OC. The quantitative estimate of drug-likeness (QED) is 0.694. The van der Waals surface area contributed by atoms with Gasteiger partial charge in [-0.1, -0.05) is 43.0 Å². The second kappa shape index (κ2) is 9.63. The standard InChI is InChI=1S/C16H22Cl2N2O3/c1-4-5-6-14(16(22)23-3)20-15(21)10(2)19-11-7-8-12(17)13(18)9-11/h7-10,14,19H,4-6H2,1-3H3,(H,20,21)/t10-,14-/m0/s1. The molecule has 0 aromatic heterocycles. The Morgan fingerprint density at radius 1 is 1.26 bits per heavy atom. The number of nitrogens with one attached hydrogen (secondary N) is 2. The first kappa shape index (κ1) is 19.6. The van der Waals surface area contributed by atoms with Crippen molar-refractivity contribution in [3.8, 4) is 0 Å². The molecular formula is C16H22Cl2N2O3. The van der Waals surface area contributed by atoms with Crippen LogP contribution in [0.25, 0.3) is 0 Å². The maximum atomic E-state index is 12.3. The van der Waals surface area contributed by atoms with E-state index >= 15 is 0 Å². The summed E-state index contributed by atoms with van der Waals surface area (Å²) in [6.07, 6.45) is 2.31. The monoisotopic (exact) mass is 360 g/mol. The Morgan fingerprint density at radius 2 is 1.96 bits per heavy atom. The molecule has 0 aliphatic carbocycles. The molecule has 1 aromatic carbocycles. The van der Waals surface area contributed by atoms with Gasteiger partial charge in [0.1, 0.15) is 12.1 Å². The molecule has 0 aliphatic rings. The van der Waals surface area contributed by atoms with Crippen molar-refractivity contribution in [2.24, 2.45) is 0 Å². The Morgan fingerprint density at radius 3 is 2.52 bits per heavy atom. The van der Waals surface area contributed by atoms with Gasteiger partial charge in [-0.25, -0.2) is 4.79 Å². The number of unbranched alkanes of at least 4 members (excludes halogenated alkanes) is 1. The van der Waals surface area contributed by atoms with Crippen LogP contribution >= 0.6 is 23.2 Å². The van der Waals surface area contributed by atoms with Gasteiger partial charge in [-0.05, 0) is 31.5 Å². The van der Waals surface area contributed by atoms with E-state index in [0.717, 1.165) is 12.8 Å². The molecule has 0 spiro atoms. The van der Waals surface area contributed by atoms with Gasteiger partial charge in [0, 0.05) is 5.69 Å². The molecule has 0 radical (unpaired) electrons. The van der Waals surface area contributed by atoms with Gasteiger partial charge in [0.2, 0.25) is 5.91 Å². The van der Waals surface area contributed by atoms with E-state index in [1.165, 1.54) is 7.11 Å². The summed E-state index contributed by atoms with van der Waals surface area (Å²) in [5.41, 5.74) is 0.672. The molecule has 0 fully saturated rings. The molecule has 1 rings (SSSR count). The topological polar surface area (TPSA) is 67.4 Å². The van der Waals surface area contributed by atoms with Crippen LogP contribution in [-0.4, -0.2) is 31.1 Å². The van der Waals surface area contributed by atoms with E-state index in [1.54, 1.807) is 25.1 Å². The normalized spacial score (nSPS) is 13.1. The number of anilines is 1. The van der Waals surface area contributed by atoms with Gasteiger partial charge in [-0.3, -0.25) is 4.79 Å². The van der Waals surface area contributed by atoms with Crippen LogP contribution in [0.15, 0.2) is 18.2 Å². The van der Waals surface area contributed by atoms with Crippen molar-refractivity contribution in [3.05, 3.63) is 28.2 Å². The first-order valence-electron chi connectivity index (χ1n) is 7.48. The molecule has 2 N–H and O–H groups in total. The van der Waals surface area contributed by atoms with Crippen LogP contribution in [0.2, 0.25) is 10.0 Å². The highest BCUT2D eigenvalue weighted by molar-refractivity contribution is 6.42. The van der Waals surface area contributed by atoms with Gasteiger partial charge in [0.15, 0.2) is 0 Å². The summed E-state index contributed by atoms with van der Waals surface area (Å²) >= 11 is 11.8. The third kappa shape index (κ3) is 6.28. The number of ether oxygens (including phenoxy) is 1. The lowest BCUT2D eigenvalue weighted by molar-refractivity contribution is -0.145. The summed E-state index contributed by atoms with van der Waals surface area (Å²) in [6.45, 7) is 3.72. The number of hydrogen-bond acceptors (Lipinski definition) is 4. The van der Waals surface area contributed by atoms with Crippen molar-refractivity contribution in [3.63, 3.8) is 0 Å². The van der Waals surface area contributed by atoms with Gasteiger partial charge in [0.25, 0.3) is 0 Å². The molecule has 0 heterocycles. The molecule has 0 unspecified atom stereocenters. The maximum absolute atomic E-state index is 12.3. The van der Waals surface area contributed by atoms with E-state index in [1.807, 2.05) is 6.92 Å². The summed E-state index contributed by atoms with van der Waals surface area (Å²) in [5, 5.41) is 6.58. The van der Waals surface area contributed by atoms with Crippen LogP contribution in [0.5, 0.6) is 0 Å². The lowest BCUT2D eigenvalue weighted by Gasteiger charge is -2.20. The van der Waals surface area contributed by atoms with Gasteiger partial charge >= 0.3 is 5.97 Å². The Labute approximate surface area is 146 Å². The number of halogens is 2. The summed E-state index contributed by atoms with van der Waals surface area (Å²) in [4.78, 5) is 24.0. The number of carbonyl (C=O) groups is 2. The number of hydrogen-bond donors (Lipinski definition) is 2. The predicted molar refractivity (Wildman–Crippen MR) is 93.0 cm³/mol. The molecule has 2 atom stereocenters. The van der Waals surface area contributed by atoms with E-state index in [2.05, 4.69) is 10.6 Å². The third-order valence-corrected chi connectivity index (χ3v) is 4.08. The van der Waals surface area contributed by atoms with E-state index in [-0.39, 0.29) is 5.91 Å². The Hall–Kier alpha value is -1.46. The third-order valence-electron chi connectivity index (χ3n) is 3.34. The molecule has 0 aliphatic heterocycles. The highest BCUT2D eigenvalue weighted by Gasteiger charge is 2.23. The Kier molecular flexibility index (Phi) is 8.20. The number of carbonyl (C=O) groups excluding carboxylic acids is 2. The molecule has 5 nitrogen and oxygen atoms in total. The molecule has 1 amide bonds. The lowest BCUT2D eigenvalue weighted by Crippen LogP contribution is -2.47. The molecule has 23 heavy (non-hydrogen) atoms. The highest BCUT2D eigenvalue weighted by atomic mass is 35.5. The maximum Gasteiger partial charge on any atom is 0.328 e. The van der Waals surface area contributed by atoms with Gasteiger partial charge in [-0.2, -0.15) is 0 Å². The Balaban J connectivity index is 2.66. The summed E-state index contributed by atoms with van der Waals surface area (Å²) in [5.74, 6) is -0.726. The molecule has 128 valence electrons. The number of amides is 1. The molecule has 7 heteroatoms. The van der Waals surface area contributed by atoms with Crippen molar-refractivity contribution < 1.29 is 14.3 Å². The van der Waals surface area contributed by atoms with Crippen LogP contribution in [0.4, 0.5) is 5.69 Å². The van der Waals surface area contributed by atoms with Crippen molar-refractivity contribution in [1.82, 2.24) is 5.32 Å². The summed E-state index contributed by atoms with van der Waals surface area (Å²) < 4.78 is 4.73. The second-order valence-corrected chi connectivity index (χ2v) is 6.04. The second-order valence-electron chi connectivity index (χ2n) is 5.22. The van der Waals surface area contributed by atoms with Crippen molar-refractivity contribution in [2.45, 2.75) is 45.2 Å². The molecule has 0 saturated heterocycles. The van der Waals surface area contributed by atoms with Crippen LogP contribution in [0.1, 0.15) is 33.1 Å². The number of methoxy groups -OCH3 is 1. The fourth-order valence-corrected chi connectivity index (χ4v) is 2.30.